The number of halogens is 2. The number of piperidine rings is 1. The number of benzene rings is 2. The van der Waals surface area contributed by atoms with Crippen molar-refractivity contribution in [2.75, 3.05) is 52.1 Å². The third-order valence-electron chi connectivity index (χ3n) is 10.5. The van der Waals surface area contributed by atoms with Crippen LogP contribution in [0.3, 0.4) is 0 Å². The van der Waals surface area contributed by atoms with Crippen LogP contribution in [0.1, 0.15) is 36.1 Å². The highest BCUT2D eigenvalue weighted by molar-refractivity contribution is 7.22. The van der Waals surface area contributed by atoms with Crippen molar-refractivity contribution in [2.24, 2.45) is 5.92 Å². The molecular formula is C38H42ClFN8O2S. The van der Waals surface area contributed by atoms with Gasteiger partial charge in [0.05, 0.1) is 22.6 Å². The van der Waals surface area contributed by atoms with Crippen molar-refractivity contribution < 1.29 is 13.9 Å². The second kappa shape index (κ2) is 14.5. The number of fused-ring (bicyclic) bond motifs is 5. The van der Waals surface area contributed by atoms with Crippen LogP contribution in [0.25, 0.3) is 20.7 Å². The quantitative estimate of drug-likeness (QED) is 0.171. The number of hydrogen-bond acceptors (Lipinski definition) is 9. The van der Waals surface area contributed by atoms with Gasteiger partial charge in [0.25, 0.3) is 0 Å². The van der Waals surface area contributed by atoms with Gasteiger partial charge in [-0.25, -0.2) is 14.4 Å². The van der Waals surface area contributed by atoms with Crippen molar-refractivity contribution >= 4 is 50.6 Å². The molecule has 0 saturated carbocycles. The van der Waals surface area contributed by atoms with Crippen LogP contribution in [0, 0.1) is 11.7 Å². The lowest BCUT2D eigenvalue weighted by Crippen LogP contribution is -2.44. The smallest absolute Gasteiger partial charge is 0.236 e. The first kappa shape index (κ1) is 34.0. The van der Waals surface area contributed by atoms with Crippen molar-refractivity contribution in [1.29, 1.82) is 0 Å². The van der Waals surface area contributed by atoms with Gasteiger partial charge in [0.1, 0.15) is 35.1 Å². The highest BCUT2D eigenvalue weighted by Crippen LogP contribution is 2.45. The molecule has 266 valence electrons. The summed E-state index contributed by atoms with van der Waals surface area (Å²) >= 11 is 8.29. The summed E-state index contributed by atoms with van der Waals surface area (Å²) in [5.41, 5.74) is 5.07. The molecule has 0 spiro atoms. The SMILES string of the molecule is CN(C)[C@@H]1CCN(CC(=O)N2CCC(Cn3cc4c(n3)CCc3c-4sc4ncnc(Nc5ccc(OCc6cccc(F)c6)c(Cl)c5)c34)CC2)C1. The van der Waals surface area contributed by atoms with E-state index in [2.05, 4.69) is 55.0 Å². The minimum absolute atomic E-state index is 0.216. The fourth-order valence-corrected chi connectivity index (χ4v) is 9.09. The summed E-state index contributed by atoms with van der Waals surface area (Å²) in [6.45, 7) is 5.23. The maximum Gasteiger partial charge on any atom is 0.236 e. The summed E-state index contributed by atoms with van der Waals surface area (Å²) < 4.78 is 21.6. The maximum absolute atomic E-state index is 13.6. The average molecular weight is 729 g/mol. The Balaban J connectivity index is 0.912. The van der Waals surface area contributed by atoms with Gasteiger partial charge in [0.15, 0.2) is 0 Å². The van der Waals surface area contributed by atoms with Crippen molar-refractivity contribution in [2.45, 2.75) is 51.3 Å². The first-order valence-electron chi connectivity index (χ1n) is 17.7. The van der Waals surface area contributed by atoms with E-state index in [-0.39, 0.29) is 18.3 Å². The predicted molar refractivity (Wildman–Crippen MR) is 199 cm³/mol. The molecule has 2 aromatic carbocycles. The lowest BCUT2D eigenvalue weighted by Gasteiger charge is -2.33. The van der Waals surface area contributed by atoms with Gasteiger partial charge in [0.2, 0.25) is 5.91 Å². The van der Waals surface area contributed by atoms with Crippen LogP contribution in [0.4, 0.5) is 15.9 Å². The van der Waals surface area contributed by atoms with Gasteiger partial charge in [-0.2, -0.15) is 5.10 Å². The van der Waals surface area contributed by atoms with E-state index in [9.17, 15) is 9.18 Å². The predicted octanol–water partition coefficient (Wildman–Crippen LogP) is 6.64. The van der Waals surface area contributed by atoms with Gasteiger partial charge in [-0.1, -0.05) is 23.7 Å². The molecule has 1 N–H and O–H groups in total. The van der Waals surface area contributed by atoms with Crippen molar-refractivity contribution in [3.05, 3.63) is 82.6 Å². The number of nitrogens with zero attached hydrogens (tertiary/aromatic N) is 7. The van der Waals surface area contributed by atoms with E-state index < -0.39 is 0 Å². The number of carbonyl (C=O) groups excluding carboxylic acids is 1. The van der Waals surface area contributed by atoms with E-state index >= 15 is 0 Å². The van der Waals surface area contributed by atoms with E-state index in [1.54, 1.807) is 23.7 Å². The number of anilines is 2. The molecule has 0 radical (unpaired) electrons. The maximum atomic E-state index is 13.6. The van der Waals surface area contributed by atoms with Gasteiger partial charge < -0.3 is 19.9 Å². The number of carbonyl (C=O) groups is 1. The second-order valence-corrected chi connectivity index (χ2v) is 15.6. The van der Waals surface area contributed by atoms with E-state index in [0.29, 0.717) is 29.3 Å². The van der Waals surface area contributed by atoms with Crippen molar-refractivity contribution in [3.63, 3.8) is 0 Å². The standard InChI is InChI=1S/C38H42ClFN8O2S/c1-45(2)28-12-13-46(19-28)21-34(49)47-14-10-24(11-15-47)18-48-20-30-32(44-48)8-7-29-35-37(41-23-42-38(35)51-36(29)30)43-27-6-9-33(31(39)17-27)50-22-25-4-3-5-26(40)16-25/h3-6,9,16-17,20,23-24,28H,7-8,10-15,18-19,21-22H2,1-2H3,(H,41,42,43)/t28-/m1/s1. The Morgan fingerprint density at radius 3 is 2.75 bits per heavy atom. The monoisotopic (exact) mass is 728 g/mol. The normalized spacial score (nSPS) is 18.0. The molecule has 0 bridgehead atoms. The number of rotatable bonds is 10. The number of aromatic nitrogens is 4. The van der Waals surface area contributed by atoms with Crippen LogP contribution in [0.2, 0.25) is 5.02 Å². The molecule has 1 aliphatic carbocycles. The molecule has 2 saturated heterocycles. The van der Waals surface area contributed by atoms with Crippen LogP contribution >= 0.6 is 22.9 Å². The lowest BCUT2D eigenvalue weighted by molar-refractivity contribution is -0.133. The minimum atomic E-state index is -0.299. The zero-order valence-electron chi connectivity index (χ0n) is 28.9. The number of likely N-dealkylation sites (N-methyl/N-ethyl adjacent to an activating group) is 1. The minimum Gasteiger partial charge on any atom is -0.487 e. The molecule has 8 rings (SSSR count). The molecule has 10 nitrogen and oxygen atoms in total. The Hall–Kier alpha value is -4.10. The zero-order chi connectivity index (χ0) is 35.1. The summed E-state index contributed by atoms with van der Waals surface area (Å²) in [7, 11) is 4.24. The Morgan fingerprint density at radius 2 is 1.96 bits per heavy atom. The number of hydrogen-bond donors (Lipinski definition) is 1. The van der Waals surface area contributed by atoms with E-state index in [0.717, 1.165) is 97.8 Å². The molecule has 1 atom stereocenters. The van der Waals surface area contributed by atoms with Gasteiger partial charge in [-0.05, 0) is 93.6 Å². The van der Waals surface area contributed by atoms with Crippen molar-refractivity contribution in [1.82, 2.24) is 34.4 Å². The average Bonchev–Trinajstić information content (AvgIpc) is 3.85. The number of thiophene rings is 1. The largest absolute Gasteiger partial charge is 0.487 e. The van der Waals surface area contributed by atoms with Crippen LogP contribution in [0.15, 0.2) is 55.0 Å². The van der Waals surface area contributed by atoms with Crippen LogP contribution in [0.5, 0.6) is 5.75 Å². The lowest BCUT2D eigenvalue weighted by atomic mass is 9.95. The molecule has 0 unspecified atom stereocenters. The summed E-state index contributed by atoms with van der Waals surface area (Å²) in [6.07, 6.45) is 8.65. The van der Waals surface area contributed by atoms with E-state index in [1.807, 2.05) is 24.3 Å². The van der Waals surface area contributed by atoms with Gasteiger partial charge in [0, 0.05) is 61.1 Å². The Morgan fingerprint density at radius 1 is 1.10 bits per heavy atom. The summed E-state index contributed by atoms with van der Waals surface area (Å²) in [6, 6.07) is 12.4. The van der Waals surface area contributed by atoms with Gasteiger partial charge >= 0.3 is 0 Å². The van der Waals surface area contributed by atoms with Crippen LogP contribution in [-0.2, 0) is 30.8 Å². The highest BCUT2D eigenvalue weighted by atomic mass is 35.5. The number of aryl methyl sites for hydroxylation is 2. The molecule has 2 aliphatic heterocycles. The Kier molecular flexibility index (Phi) is 9.67. The van der Waals surface area contributed by atoms with Gasteiger partial charge in [-0.3, -0.25) is 14.4 Å². The molecule has 13 heteroatoms. The third-order valence-corrected chi connectivity index (χ3v) is 12.0. The molecule has 51 heavy (non-hydrogen) atoms. The summed E-state index contributed by atoms with van der Waals surface area (Å²) in [5.74, 6) is 1.72. The first-order valence-corrected chi connectivity index (χ1v) is 18.9. The highest BCUT2D eigenvalue weighted by Gasteiger charge is 2.30. The van der Waals surface area contributed by atoms with E-state index in [1.165, 1.54) is 28.1 Å². The fraction of sp³-hybridized carbons (Fsp3) is 0.421. The third kappa shape index (κ3) is 7.32. The Labute approximate surface area is 306 Å². The number of likely N-dealkylation sites (tertiary alicyclic amines) is 2. The molecular weight excluding hydrogens is 687 g/mol. The van der Waals surface area contributed by atoms with Crippen LogP contribution < -0.4 is 10.1 Å². The zero-order valence-corrected chi connectivity index (χ0v) is 30.5. The topological polar surface area (TPSA) is 91.7 Å². The van der Waals surface area contributed by atoms with Crippen LogP contribution in [-0.4, -0.2) is 93.2 Å². The molecule has 3 aromatic heterocycles. The molecule has 5 aromatic rings. The molecule has 2 fully saturated rings. The van der Waals surface area contributed by atoms with Crippen molar-refractivity contribution in [3.8, 4) is 16.2 Å². The number of amides is 1. The number of ether oxygens (including phenoxy) is 1. The molecule has 3 aliphatic rings. The second-order valence-electron chi connectivity index (χ2n) is 14.2. The number of nitrogens with one attached hydrogen (secondary N) is 1. The summed E-state index contributed by atoms with van der Waals surface area (Å²) in [5, 5.41) is 9.98. The fourth-order valence-electron chi connectivity index (χ4n) is 7.63. The molecule has 1 amide bonds. The molecule has 5 heterocycles. The van der Waals surface area contributed by atoms with Gasteiger partial charge in [-0.15, -0.1) is 11.3 Å². The first-order chi connectivity index (χ1) is 24.8. The van der Waals surface area contributed by atoms with E-state index in [4.69, 9.17) is 21.4 Å². The summed E-state index contributed by atoms with van der Waals surface area (Å²) in [4.78, 5) is 31.1. The Bertz CT molecular complexity index is 2060.